The molecule has 0 saturated heterocycles. The predicted molar refractivity (Wildman–Crippen MR) is 75.7 cm³/mol. The minimum Gasteiger partial charge on any atom is -0.306 e. The third-order valence-corrected chi connectivity index (χ3v) is 3.44. The van der Waals surface area contributed by atoms with E-state index >= 15 is 0 Å². The van der Waals surface area contributed by atoms with E-state index in [4.69, 9.17) is 11.6 Å². The van der Waals surface area contributed by atoms with E-state index in [1.807, 2.05) is 31.3 Å². The molecule has 1 aromatic heterocycles. The van der Waals surface area contributed by atoms with Gasteiger partial charge in [-0.2, -0.15) is 0 Å². The quantitative estimate of drug-likeness (QED) is 0.902. The Hall–Kier alpha value is -1.38. The lowest BCUT2D eigenvalue weighted by atomic mass is 10.1. The van der Waals surface area contributed by atoms with Crippen molar-refractivity contribution in [2.45, 2.75) is 26.4 Å². The van der Waals surface area contributed by atoms with Gasteiger partial charge in [0.1, 0.15) is 0 Å². The first kappa shape index (κ1) is 13.1. The Morgan fingerprint density at radius 1 is 1.33 bits per heavy atom. The first-order chi connectivity index (χ1) is 8.66. The molecule has 1 aromatic carbocycles. The van der Waals surface area contributed by atoms with Gasteiger partial charge in [0.05, 0.1) is 0 Å². The molecule has 3 heteroatoms. The molecule has 0 radical (unpaired) electrons. The molecule has 0 amide bonds. The summed E-state index contributed by atoms with van der Waals surface area (Å²) in [6, 6.07) is 10.5. The average molecular weight is 261 g/mol. The zero-order valence-electron chi connectivity index (χ0n) is 10.7. The fraction of sp³-hybridized carbons (Fsp3) is 0.267. The molecule has 94 valence electrons. The van der Waals surface area contributed by atoms with Gasteiger partial charge in [-0.3, -0.25) is 4.98 Å². The van der Waals surface area contributed by atoms with E-state index in [2.05, 4.69) is 29.4 Å². The molecule has 1 unspecified atom stereocenters. The second kappa shape index (κ2) is 5.98. The van der Waals surface area contributed by atoms with E-state index in [-0.39, 0.29) is 6.04 Å². The molecule has 0 bridgehead atoms. The fourth-order valence-electron chi connectivity index (χ4n) is 1.77. The first-order valence-corrected chi connectivity index (χ1v) is 6.43. The van der Waals surface area contributed by atoms with Crippen LogP contribution in [0.25, 0.3) is 0 Å². The third-order valence-electron chi connectivity index (χ3n) is 3.03. The SMILES string of the molecule is Cc1ccc(CNC(C)c2cccnc2)cc1Cl. The summed E-state index contributed by atoms with van der Waals surface area (Å²) >= 11 is 6.11. The number of nitrogens with zero attached hydrogens (tertiary/aromatic N) is 1. The second-order valence-electron chi connectivity index (χ2n) is 4.47. The maximum atomic E-state index is 6.11. The van der Waals surface area contributed by atoms with Crippen LogP contribution in [0.2, 0.25) is 5.02 Å². The van der Waals surface area contributed by atoms with E-state index in [0.717, 1.165) is 17.1 Å². The summed E-state index contributed by atoms with van der Waals surface area (Å²) < 4.78 is 0. The van der Waals surface area contributed by atoms with Gasteiger partial charge in [-0.25, -0.2) is 0 Å². The average Bonchev–Trinajstić information content (AvgIpc) is 2.41. The summed E-state index contributed by atoms with van der Waals surface area (Å²) in [7, 11) is 0. The van der Waals surface area contributed by atoms with E-state index < -0.39 is 0 Å². The molecular formula is C15H17ClN2. The second-order valence-corrected chi connectivity index (χ2v) is 4.88. The number of benzene rings is 1. The van der Waals surface area contributed by atoms with Crippen molar-refractivity contribution in [3.8, 4) is 0 Å². The van der Waals surface area contributed by atoms with Crippen LogP contribution in [0.5, 0.6) is 0 Å². The lowest BCUT2D eigenvalue weighted by Gasteiger charge is -2.14. The molecule has 0 saturated carbocycles. The molecule has 0 aliphatic carbocycles. The van der Waals surface area contributed by atoms with Crippen molar-refractivity contribution < 1.29 is 0 Å². The van der Waals surface area contributed by atoms with Gasteiger partial charge in [-0.1, -0.05) is 29.8 Å². The minimum atomic E-state index is 0.277. The number of pyridine rings is 1. The molecule has 1 heterocycles. The van der Waals surface area contributed by atoms with Gasteiger partial charge in [0.15, 0.2) is 0 Å². The highest BCUT2D eigenvalue weighted by molar-refractivity contribution is 6.31. The van der Waals surface area contributed by atoms with Crippen molar-refractivity contribution >= 4 is 11.6 Å². The lowest BCUT2D eigenvalue weighted by molar-refractivity contribution is 0.573. The molecule has 2 rings (SSSR count). The number of hydrogen-bond acceptors (Lipinski definition) is 2. The molecular weight excluding hydrogens is 244 g/mol. The van der Waals surface area contributed by atoms with Gasteiger partial charge in [-0.15, -0.1) is 0 Å². The molecule has 1 N–H and O–H groups in total. The molecule has 0 aliphatic heterocycles. The number of aryl methyl sites for hydroxylation is 1. The number of rotatable bonds is 4. The maximum Gasteiger partial charge on any atom is 0.0438 e. The summed E-state index contributed by atoms with van der Waals surface area (Å²) in [5.74, 6) is 0. The van der Waals surface area contributed by atoms with Crippen molar-refractivity contribution in [3.63, 3.8) is 0 Å². The van der Waals surface area contributed by atoms with Crippen LogP contribution in [0.3, 0.4) is 0 Å². The van der Waals surface area contributed by atoms with Crippen LogP contribution in [-0.2, 0) is 6.54 Å². The Morgan fingerprint density at radius 3 is 2.83 bits per heavy atom. The normalized spacial score (nSPS) is 12.4. The van der Waals surface area contributed by atoms with Gasteiger partial charge in [-0.05, 0) is 42.7 Å². The Kier molecular flexibility index (Phi) is 4.34. The van der Waals surface area contributed by atoms with Crippen LogP contribution in [-0.4, -0.2) is 4.98 Å². The Morgan fingerprint density at radius 2 is 2.17 bits per heavy atom. The third kappa shape index (κ3) is 3.31. The molecule has 0 aliphatic rings. The monoisotopic (exact) mass is 260 g/mol. The standard InChI is InChI=1S/C15H17ClN2/c1-11-5-6-13(8-15(11)16)9-18-12(2)14-4-3-7-17-10-14/h3-8,10,12,18H,9H2,1-2H3. The molecule has 0 spiro atoms. The molecule has 2 nitrogen and oxygen atoms in total. The number of nitrogens with one attached hydrogen (secondary N) is 1. The Balaban J connectivity index is 1.97. The number of halogens is 1. The van der Waals surface area contributed by atoms with Gasteiger partial charge >= 0.3 is 0 Å². The Bertz CT molecular complexity index is 511. The molecule has 2 aromatic rings. The van der Waals surface area contributed by atoms with Gasteiger partial charge in [0, 0.05) is 30.0 Å². The molecule has 0 fully saturated rings. The van der Waals surface area contributed by atoms with Crippen LogP contribution in [0.1, 0.15) is 29.7 Å². The highest BCUT2D eigenvalue weighted by Gasteiger charge is 2.05. The van der Waals surface area contributed by atoms with Crippen LogP contribution in [0.4, 0.5) is 0 Å². The van der Waals surface area contributed by atoms with Gasteiger partial charge < -0.3 is 5.32 Å². The van der Waals surface area contributed by atoms with Crippen molar-refractivity contribution in [2.75, 3.05) is 0 Å². The van der Waals surface area contributed by atoms with Crippen molar-refractivity contribution in [1.29, 1.82) is 0 Å². The van der Waals surface area contributed by atoms with E-state index in [0.29, 0.717) is 0 Å². The van der Waals surface area contributed by atoms with Crippen LogP contribution in [0, 0.1) is 6.92 Å². The van der Waals surface area contributed by atoms with Crippen LogP contribution >= 0.6 is 11.6 Å². The predicted octanol–water partition coefficient (Wildman–Crippen LogP) is 3.89. The summed E-state index contributed by atoms with van der Waals surface area (Å²) in [5.41, 5.74) is 3.50. The zero-order chi connectivity index (χ0) is 13.0. The van der Waals surface area contributed by atoms with Crippen LogP contribution < -0.4 is 5.32 Å². The smallest absolute Gasteiger partial charge is 0.0438 e. The maximum absolute atomic E-state index is 6.11. The summed E-state index contributed by atoms with van der Waals surface area (Å²) in [6.45, 7) is 4.95. The highest BCUT2D eigenvalue weighted by Crippen LogP contribution is 2.17. The lowest BCUT2D eigenvalue weighted by Crippen LogP contribution is -2.18. The first-order valence-electron chi connectivity index (χ1n) is 6.05. The summed E-state index contributed by atoms with van der Waals surface area (Å²) in [4.78, 5) is 4.13. The molecule has 18 heavy (non-hydrogen) atoms. The zero-order valence-corrected chi connectivity index (χ0v) is 11.4. The molecule has 1 atom stereocenters. The summed E-state index contributed by atoms with van der Waals surface area (Å²) in [5, 5.41) is 4.29. The van der Waals surface area contributed by atoms with E-state index in [1.165, 1.54) is 11.1 Å². The van der Waals surface area contributed by atoms with Crippen LogP contribution in [0.15, 0.2) is 42.7 Å². The minimum absolute atomic E-state index is 0.277. The number of hydrogen-bond donors (Lipinski definition) is 1. The van der Waals surface area contributed by atoms with Crippen molar-refractivity contribution in [1.82, 2.24) is 10.3 Å². The fourth-order valence-corrected chi connectivity index (χ4v) is 1.97. The Labute approximate surface area is 113 Å². The largest absolute Gasteiger partial charge is 0.306 e. The van der Waals surface area contributed by atoms with Gasteiger partial charge in [0.25, 0.3) is 0 Å². The van der Waals surface area contributed by atoms with E-state index in [1.54, 1.807) is 6.20 Å². The topological polar surface area (TPSA) is 24.9 Å². The van der Waals surface area contributed by atoms with Gasteiger partial charge in [0.2, 0.25) is 0 Å². The van der Waals surface area contributed by atoms with E-state index in [9.17, 15) is 0 Å². The number of aromatic nitrogens is 1. The van der Waals surface area contributed by atoms with Crippen molar-refractivity contribution in [2.24, 2.45) is 0 Å². The highest BCUT2D eigenvalue weighted by atomic mass is 35.5. The van der Waals surface area contributed by atoms with Crippen molar-refractivity contribution in [3.05, 3.63) is 64.4 Å². The summed E-state index contributed by atoms with van der Waals surface area (Å²) in [6.07, 6.45) is 3.68.